The van der Waals surface area contributed by atoms with Crippen LogP contribution >= 0.6 is 0 Å². The van der Waals surface area contributed by atoms with E-state index in [0.717, 1.165) is 32.0 Å². The molecule has 0 bridgehead atoms. The number of likely N-dealkylation sites (tertiary alicyclic amines) is 2. The van der Waals surface area contributed by atoms with Crippen LogP contribution in [0.25, 0.3) is 0 Å². The van der Waals surface area contributed by atoms with Crippen molar-refractivity contribution < 1.29 is 40.6 Å². The molecule has 16 heteroatoms. The second kappa shape index (κ2) is 15.4. The summed E-state index contributed by atoms with van der Waals surface area (Å²) in [6.45, 7) is 4.11. The second-order valence-electron chi connectivity index (χ2n) is 10.6. The predicted molar refractivity (Wildman–Crippen MR) is 145 cm³/mol. The number of benzene rings is 2. The Morgan fingerprint density at radius 2 is 1.19 bits per heavy atom. The molecule has 0 spiro atoms. The van der Waals surface area contributed by atoms with E-state index >= 15 is 0 Å². The monoisotopic (exact) mass is 625 g/mol. The Kier molecular flexibility index (Phi) is 12.8. The van der Waals surface area contributed by atoms with Crippen LogP contribution in [0.15, 0.2) is 36.4 Å². The van der Waals surface area contributed by atoms with E-state index in [0.29, 0.717) is 30.7 Å². The lowest BCUT2D eigenvalue weighted by molar-refractivity contribution is -0.385. The van der Waals surface area contributed by atoms with Crippen molar-refractivity contribution in [1.82, 2.24) is 9.80 Å². The maximum absolute atomic E-state index is 13.1. The molecule has 2 heterocycles. The highest BCUT2D eigenvalue weighted by Gasteiger charge is 2.36. The van der Waals surface area contributed by atoms with E-state index in [2.05, 4.69) is 16.8 Å². The first-order chi connectivity index (χ1) is 19.9. The maximum atomic E-state index is 13.1. The first kappa shape index (κ1) is 35.8. The van der Waals surface area contributed by atoms with Gasteiger partial charge in [0.1, 0.15) is 5.82 Å². The Morgan fingerprint density at radius 1 is 0.767 bits per heavy atom. The number of alkyl halides is 6. The first-order valence-corrected chi connectivity index (χ1v) is 13.4. The Bertz CT molecular complexity index is 1220. The number of nitrogens with zero attached hydrogens (tertiary/aromatic N) is 4. The van der Waals surface area contributed by atoms with Gasteiger partial charge in [-0.1, -0.05) is 6.07 Å². The SMILES string of the molecule is CN1CCC(Cc2ccc([N+](=O)[O-])cc2C(F)(F)F)CC1.CN1CCC(N)CC1.O=[N+]([O-])c1ccc(F)c(C(F)(F)F)c1. The second-order valence-corrected chi connectivity index (χ2v) is 10.6. The largest absolute Gasteiger partial charge is 0.419 e. The topological polar surface area (TPSA) is 119 Å². The van der Waals surface area contributed by atoms with Gasteiger partial charge in [-0.15, -0.1) is 0 Å². The first-order valence-electron chi connectivity index (χ1n) is 13.4. The highest BCUT2D eigenvalue weighted by atomic mass is 19.4. The van der Waals surface area contributed by atoms with Crippen LogP contribution in [0.2, 0.25) is 0 Å². The number of piperidine rings is 2. The van der Waals surface area contributed by atoms with E-state index in [9.17, 15) is 51.0 Å². The Hall–Kier alpha value is -3.37. The van der Waals surface area contributed by atoms with Crippen LogP contribution in [0.3, 0.4) is 0 Å². The molecule has 240 valence electrons. The van der Waals surface area contributed by atoms with E-state index in [1.807, 2.05) is 7.05 Å². The number of rotatable bonds is 4. The van der Waals surface area contributed by atoms with Gasteiger partial charge < -0.3 is 15.5 Å². The number of nitro benzene ring substituents is 2. The molecule has 2 aromatic carbocycles. The van der Waals surface area contributed by atoms with Crippen molar-refractivity contribution in [2.75, 3.05) is 40.3 Å². The molecular weight excluding hydrogens is 591 g/mol. The number of hydrogen-bond donors (Lipinski definition) is 1. The van der Waals surface area contributed by atoms with Crippen molar-refractivity contribution in [2.45, 2.75) is 50.5 Å². The zero-order chi connectivity index (χ0) is 32.5. The van der Waals surface area contributed by atoms with Gasteiger partial charge >= 0.3 is 12.4 Å². The summed E-state index contributed by atoms with van der Waals surface area (Å²) in [6, 6.07) is 4.77. The van der Waals surface area contributed by atoms with Crippen LogP contribution in [-0.2, 0) is 18.8 Å². The Balaban J connectivity index is 0.000000251. The zero-order valence-electron chi connectivity index (χ0n) is 23.6. The molecule has 2 aromatic rings. The third kappa shape index (κ3) is 11.7. The lowest BCUT2D eigenvalue weighted by Gasteiger charge is -2.29. The molecule has 0 amide bonds. The fourth-order valence-corrected chi connectivity index (χ4v) is 4.57. The summed E-state index contributed by atoms with van der Waals surface area (Å²) in [5, 5.41) is 20.8. The van der Waals surface area contributed by atoms with E-state index in [4.69, 9.17) is 5.73 Å². The number of nitro groups is 2. The molecule has 2 fully saturated rings. The average Bonchev–Trinajstić information content (AvgIpc) is 2.91. The van der Waals surface area contributed by atoms with Crippen molar-refractivity contribution in [3.05, 3.63) is 79.1 Å². The normalized spacial score (nSPS) is 17.3. The van der Waals surface area contributed by atoms with Gasteiger partial charge in [0.25, 0.3) is 11.4 Å². The zero-order valence-corrected chi connectivity index (χ0v) is 23.6. The Labute approximate surface area is 243 Å². The minimum Gasteiger partial charge on any atom is -0.328 e. The molecule has 2 N–H and O–H groups in total. The van der Waals surface area contributed by atoms with Gasteiger partial charge in [-0.05, 0) is 89.9 Å². The van der Waals surface area contributed by atoms with Gasteiger partial charge in [-0.25, -0.2) is 4.39 Å². The molecule has 0 unspecified atom stereocenters. The van der Waals surface area contributed by atoms with Crippen LogP contribution < -0.4 is 5.73 Å². The summed E-state index contributed by atoms with van der Waals surface area (Å²) < 4.78 is 87.9. The molecule has 0 aliphatic carbocycles. The van der Waals surface area contributed by atoms with Crippen molar-refractivity contribution in [3.63, 3.8) is 0 Å². The fourth-order valence-electron chi connectivity index (χ4n) is 4.57. The van der Waals surface area contributed by atoms with Gasteiger partial charge in [0.15, 0.2) is 0 Å². The summed E-state index contributed by atoms with van der Waals surface area (Å²) in [4.78, 5) is 23.4. The van der Waals surface area contributed by atoms with Crippen LogP contribution in [0.5, 0.6) is 0 Å². The number of halogens is 7. The quantitative estimate of drug-likeness (QED) is 0.241. The van der Waals surface area contributed by atoms with Crippen LogP contribution in [-0.4, -0.2) is 66.0 Å². The highest BCUT2D eigenvalue weighted by Crippen LogP contribution is 2.36. The number of hydrogen-bond acceptors (Lipinski definition) is 7. The van der Waals surface area contributed by atoms with Gasteiger partial charge in [0.05, 0.1) is 21.0 Å². The standard InChI is InChI=1S/C14H17F3N2O2.C7H3F4NO2.C6H14N2/c1-18-6-4-10(5-7-18)8-11-2-3-12(19(20)21)9-13(11)14(15,16)17;8-6-2-1-4(12(13)14)3-5(6)7(9,10)11;1-8-4-2-6(7)3-5-8/h2-3,9-10H,4-8H2,1H3;1-3H;6H,2-5,7H2,1H3. The molecule has 0 saturated carbocycles. The fraction of sp³-hybridized carbons (Fsp3) is 0.556. The third-order valence-corrected chi connectivity index (χ3v) is 7.19. The molecule has 4 rings (SSSR count). The predicted octanol–water partition coefficient (Wildman–Crippen LogP) is 6.29. The lowest BCUT2D eigenvalue weighted by atomic mass is 9.88. The van der Waals surface area contributed by atoms with Gasteiger partial charge in [-0.2, -0.15) is 26.3 Å². The maximum Gasteiger partial charge on any atom is 0.419 e. The third-order valence-electron chi connectivity index (χ3n) is 7.19. The van der Waals surface area contributed by atoms with Crippen LogP contribution in [0.1, 0.15) is 42.4 Å². The smallest absolute Gasteiger partial charge is 0.328 e. The molecular formula is C27H34F7N5O4. The minimum atomic E-state index is -4.92. The van der Waals surface area contributed by atoms with Gasteiger partial charge in [0.2, 0.25) is 0 Å². The molecule has 2 saturated heterocycles. The molecule has 0 radical (unpaired) electrons. The molecule has 43 heavy (non-hydrogen) atoms. The minimum absolute atomic E-state index is 0.155. The van der Waals surface area contributed by atoms with Gasteiger partial charge in [-0.3, -0.25) is 20.2 Å². The average molecular weight is 626 g/mol. The molecule has 2 aliphatic heterocycles. The van der Waals surface area contributed by atoms with Gasteiger partial charge in [0, 0.05) is 30.3 Å². The number of non-ortho nitro benzene ring substituents is 2. The number of nitrogens with two attached hydrogens (primary N) is 1. The summed E-state index contributed by atoms with van der Waals surface area (Å²) in [6.07, 6.45) is -5.10. The van der Waals surface area contributed by atoms with Crippen molar-refractivity contribution >= 4 is 11.4 Å². The summed E-state index contributed by atoms with van der Waals surface area (Å²) in [5.74, 6) is -1.33. The van der Waals surface area contributed by atoms with Crippen LogP contribution in [0, 0.1) is 32.0 Å². The van der Waals surface area contributed by atoms with Crippen molar-refractivity contribution in [3.8, 4) is 0 Å². The molecule has 0 aromatic heterocycles. The van der Waals surface area contributed by atoms with Crippen molar-refractivity contribution in [1.29, 1.82) is 0 Å². The summed E-state index contributed by atoms with van der Waals surface area (Å²) >= 11 is 0. The van der Waals surface area contributed by atoms with Crippen molar-refractivity contribution in [2.24, 2.45) is 11.7 Å². The summed E-state index contributed by atoms with van der Waals surface area (Å²) in [7, 11) is 4.13. The lowest BCUT2D eigenvalue weighted by Crippen LogP contribution is -2.37. The molecule has 2 aliphatic rings. The van der Waals surface area contributed by atoms with Crippen LogP contribution in [0.4, 0.5) is 42.1 Å². The Morgan fingerprint density at radius 3 is 1.60 bits per heavy atom. The van der Waals surface area contributed by atoms with E-state index in [-0.39, 0.29) is 17.5 Å². The van der Waals surface area contributed by atoms with E-state index in [1.54, 1.807) is 0 Å². The van der Waals surface area contributed by atoms with E-state index < -0.39 is 50.5 Å². The molecule has 9 nitrogen and oxygen atoms in total. The molecule has 0 atom stereocenters. The highest BCUT2D eigenvalue weighted by molar-refractivity contribution is 5.41. The van der Waals surface area contributed by atoms with E-state index in [1.165, 1.54) is 32.0 Å². The summed E-state index contributed by atoms with van der Waals surface area (Å²) in [5.41, 5.74) is 2.00.